The summed E-state index contributed by atoms with van der Waals surface area (Å²) < 4.78 is 0. The van der Waals surface area contributed by atoms with Gasteiger partial charge in [-0.15, -0.1) is 0 Å². The summed E-state index contributed by atoms with van der Waals surface area (Å²) in [5.41, 5.74) is 5.00. The number of hydrogen-bond acceptors (Lipinski definition) is 11. The zero-order valence-corrected chi connectivity index (χ0v) is 40.4. The highest BCUT2D eigenvalue weighted by molar-refractivity contribution is 5.97. The first kappa shape index (κ1) is 61.2. The molecule has 0 saturated carbocycles. The van der Waals surface area contributed by atoms with Crippen LogP contribution in [0.4, 0.5) is 0 Å². The largest absolute Gasteiger partial charge is 0.481 e. The summed E-state index contributed by atoms with van der Waals surface area (Å²) in [6, 6.07) is -7.54. The van der Waals surface area contributed by atoms with Crippen LogP contribution >= 0.6 is 0 Å². The fraction of sp³-hybridized carbons (Fsp3) is 0.756. The van der Waals surface area contributed by atoms with Gasteiger partial charge in [-0.3, -0.25) is 52.7 Å². The topological polar surface area (TPSA) is 350 Å². The Bertz CT molecular complexity index is 1630. The first-order valence-corrected chi connectivity index (χ1v) is 23.7. The van der Waals surface area contributed by atoms with Gasteiger partial charge < -0.3 is 58.5 Å². The quantitative estimate of drug-likeness (QED) is 0.0384. The molecular formula is C45H79N9O13. The van der Waals surface area contributed by atoms with Crippen molar-refractivity contribution in [2.75, 3.05) is 13.1 Å². The Hall–Kier alpha value is -5.83. The lowest BCUT2D eigenvalue weighted by molar-refractivity contribution is -0.138. The molecule has 0 aromatic carbocycles. The van der Waals surface area contributed by atoms with E-state index in [2.05, 4.69) is 49.5 Å². The van der Waals surface area contributed by atoms with Crippen LogP contribution in [0.15, 0.2) is 0 Å². The van der Waals surface area contributed by atoms with Crippen molar-refractivity contribution in [2.24, 2.45) is 11.7 Å². The summed E-state index contributed by atoms with van der Waals surface area (Å²) in [4.78, 5) is 137. The Morgan fingerprint density at radius 2 is 0.821 bits per heavy atom. The van der Waals surface area contributed by atoms with Crippen molar-refractivity contribution in [3.63, 3.8) is 0 Å². The molecule has 0 heterocycles. The number of amides is 9. The molecule has 0 aromatic heterocycles. The van der Waals surface area contributed by atoms with Crippen molar-refractivity contribution in [1.82, 2.24) is 42.5 Å². The van der Waals surface area contributed by atoms with E-state index < -0.39 is 128 Å². The second kappa shape index (κ2) is 35.4. The molecule has 1 unspecified atom stereocenters. The molecule has 0 radical (unpaired) electrons. The van der Waals surface area contributed by atoms with E-state index in [1.54, 1.807) is 0 Å². The molecule has 0 aliphatic carbocycles. The lowest BCUT2D eigenvalue weighted by atomic mass is 9.97. The van der Waals surface area contributed by atoms with Crippen molar-refractivity contribution in [1.29, 1.82) is 0 Å². The summed E-state index contributed by atoms with van der Waals surface area (Å²) in [6.07, 6.45) is 14.2. The molecule has 67 heavy (non-hydrogen) atoms. The zero-order valence-electron chi connectivity index (χ0n) is 40.4. The number of carboxylic acid groups (broad SMARTS) is 2. The Kier molecular flexibility index (Phi) is 32.3. The number of rotatable bonds is 38. The number of carbonyl (C=O) groups excluding carboxylic acids is 9. The van der Waals surface area contributed by atoms with Gasteiger partial charge in [-0.25, -0.2) is 0 Å². The molecule has 22 nitrogen and oxygen atoms in total. The summed E-state index contributed by atoms with van der Waals surface area (Å²) in [6.45, 7) is 8.52. The first-order valence-electron chi connectivity index (χ1n) is 23.7. The fourth-order valence-corrected chi connectivity index (χ4v) is 6.63. The van der Waals surface area contributed by atoms with E-state index in [4.69, 9.17) is 10.8 Å². The van der Waals surface area contributed by atoms with Crippen LogP contribution in [0.1, 0.15) is 164 Å². The molecule has 382 valence electrons. The predicted octanol–water partition coefficient (Wildman–Crippen LogP) is 0.930. The van der Waals surface area contributed by atoms with E-state index in [1.807, 2.05) is 13.8 Å². The van der Waals surface area contributed by atoms with Crippen LogP contribution in [0.5, 0.6) is 0 Å². The molecule has 0 aromatic rings. The van der Waals surface area contributed by atoms with Crippen LogP contribution in [0, 0.1) is 5.92 Å². The monoisotopic (exact) mass is 954 g/mol. The number of aliphatic carboxylic acids is 2. The SMILES string of the molecule is CCCCCCCCCCCCCCCC(=O)NC(C(=O)N[C@@H](C)C(=O)N[C@@H](C)C(=O)N[C@@H](C)C(=O)N[C@@H](CCC(=O)O)C(=O)NCC(=O)N[C@@H](CCC(=O)O)C(=O)NCC(N)=O)[C@@H](C)CC. The van der Waals surface area contributed by atoms with Gasteiger partial charge in [-0.05, 0) is 46.0 Å². The molecule has 22 heteroatoms. The Labute approximate surface area is 394 Å². The third kappa shape index (κ3) is 29.4. The standard InChI is InChI=1S/C45H79N9O13/c1-7-9-10-11-12-13-14-15-16-17-18-19-20-21-35(56)54-39(28(3)8-2)45(67)51-30(5)41(63)49-29(4)40(62)50-31(6)42(64)53-33(23-25-38(60)61)44(66)48-27-36(57)52-32(22-24-37(58)59)43(65)47-26-34(46)55/h28-33,39H,7-27H2,1-6H3,(H2,46,55)(H,47,65)(H,48,66)(H,49,63)(H,50,62)(H,51,67)(H,52,57)(H,53,64)(H,54,56)(H,58,59)(H,60,61)/t28-,29-,30-,31-,32-,33-,39?/m0/s1. The predicted molar refractivity (Wildman–Crippen MR) is 247 cm³/mol. The van der Waals surface area contributed by atoms with Gasteiger partial charge in [-0.2, -0.15) is 0 Å². The highest BCUT2D eigenvalue weighted by atomic mass is 16.4. The van der Waals surface area contributed by atoms with Crippen LogP contribution in [0.3, 0.4) is 0 Å². The molecule has 12 N–H and O–H groups in total. The fourth-order valence-electron chi connectivity index (χ4n) is 6.63. The Morgan fingerprint density at radius 1 is 0.433 bits per heavy atom. The maximum absolute atomic E-state index is 13.3. The average molecular weight is 954 g/mol. The minimum atomic E-state index is -1.53. The summed E-state index contributed by atoms with van der Waals surface area (Å²) in [5.74, 6) is -9.95. The lowest BCUT2D eigenvalue weighted by Crippen LogP contribution is -2.58. The van der Waals surface area contributed by atoms with Crippen molar-refractivity contribution < 1.29 is 63.0 Å². The van der Waals surface area contributed by atoms with E-state index in [0.717, 1.165) is 19.3 Å². The Morgan fingerprint density at radius 3 is 1.24 bits per heavy atom. The minimum Gasteiger partial charge on any atom is -0.481 e. The van der Waals surface area contributed by atoms with Gasteiger partial charge in [0.25, 0.3) is 0 Å². The van der Waals surface area contributed by atoms with Crippen molar-refractivity contribution in [3.8, 4) is 0 Å². The molecule has 0 fully saturated rings. The van der Waals surface area contributed by atoms with E-state index in [0.29, 0.717) is 12.8 Å². The number of carboxylic acids is 2. The molecule has 0 saturated heterocycles. The van der Waals surface area contributed by atoms with Crippen LogP contribution < -0.4 is 48.3 Å². The highest BCUT2D eigenvalue weighted by Crippen LogP contribution is 2.14. The van der Waals surface area contributed by atoms with Gasteiger partial charge in [0.05, 0.1) is 13.1 Å². The van der Waals surface area contributed by atoms with E-state index in [1.165, 1.54) is 78.6 Å². The molecule has 0 rings (SSSR count). The van der Waals surface area contributed by atoms with Gasteiger partial charge >= 0.3 is 11.9 Å². The molecule has 0 bridgehead atoms. The number of unbranched alkanes of at least 4 members (excludes halogenated alkanes) is 12. The summed E-state index contributed by atoms with van der Waals surface area (Å²) in [5, 5.41) is 37.3. The molecule has 9 amide bonds. The smallest absolute Gasteiger partial charge is 0.303 e. The second-order valence-corrected chi connectivity index (χ2v) is 17.1. The number of carbonyl (C=O) groups is 11. The van der Waals surface area contributed by atoms with E-state index in [9.17, 15) is 57.8 Å². The number of hydrogen-bond donors (Lipinski definition) is 11. The van der Waals surface area contributed by atoms with Crippen LogP contribution in [0.25, 0.3) is 0 Å². The van der Waals surface area contributed by atoms with E-state index >= 15 is 0 Å². The minimum absolute atomic E-state index is 0.247. The van der Waals surface area contributed by atoms with E-state index in [-0.39, 0.29) is 24.7 Å². The van der Waals surface area contributed by atoms with Gasteiger partial charge in [0.1, 0.15) is 36.3 Å². The molecule has 0 spiro atoms. The maximum Gasteiger partial charge on any atom is 0.303 e. The van der Waals surface area contributed by atoms with Crippen LogP contribution in [-0.2, 0) is 52.7 Å². The van der Waals surface area contributed by atoms with Gasteiger partial charge in [-0.1, -0.05) is 104 Å². The van der Waals surface area contributed by atoms with Gasteiger partial charge in [0.15, 0.2) is 0 Å². The molecule has 0 aliphatic heterocycles. The molecule has 0 aliphatic rings. The lowest BCUT2D eigenvalue weighted by Gasteiger charge is -2.26. The molecule has 7 atom stereocenters. The normalized spacial score (nSPS) is 14.0. The summed E-state index contributed by atoms with van der Waals surface area (Å²) >= 11 is 0. The number of nitrogens with two attached hydrogens (primary N) is 1. The number of nitrogens with one attached hydrogen (secondary N) is 8. The zero-order chi connectivity index (χ0) is 50.9. The molecular weight excluding hydrogens is 875 g/mol. The Balaban J connectivity index is 5.13. The van der Waals surface area contributed by atoms with Gasteiger partial charge in [0, 0.05) is 19.3 Å². The average Bonchev–Trinajstić information content (AvgIpc) is 3.27. The third-order valence-electron chi connectivity index (χ3n) is 11.0. The maximum atomic E-state index is 13.3. The van der Waals surface area contributed by atoms with Crippen molar-refractivity contribution in [3.05, 3.63) is 0 Å². The van der Waals surface area contributed by atoms with Gasteiger partial charge in [0.2, 0.25) is 53.2 Å². The van der Waals surface area contributed by atoms with Crippen LogP contribution in [-0.4, -0.2) is 125 Å². The highest BCUT2D eigenvalue weighted by Gasteiger charge is 2.31. The summed E-state index contributed by atoms with van der Waals surface area (Å²) in [7, 11) is 0. The third-order valence-corrected chi connectivity index (χ3v) is 11.0. The number of primary amides is 1. The van der Waals surface area contributed by atoms with Crippen LogP contribution in [0.2, 0.25) is 0 Å². The van der Waals surface area contributed by atoms with Crippen molar-refractivity contribution in [2.45, 2.75) is 200 Å². The first-order chi connectivity index (χ1) is 31.6. The van der Waals surface area contributed by atoms with Crippen molar-refractivity contribution >= 4 is 65.1 Å². The second-order valence-electron chi connectivity index (χ2n) is 17.1.